The highest BCUT2D eigenvalue weighted by atomic mass is 35.5. The third-order valence-corrected chi connectivity index (χ3v) is 7.83. The van der Waals surface area contributed by atoms with Gasteiger partial charge in [-0.1, -0.05) is 6.92 Å². The van der Waals surface area contributed by atoms with Gasteiger partial charge in [0.15, 0.2) is 11.3 Å². The number of hydrogen-bond acceptors (Lipinski definition) is 6. The lowest BCUT2D eigenvalue weighted by Gasteiger charge is -2.26. The van der Waals surface area contributed by atoms with Crippen LogP contribution >= 0.6 is 11.6 Å². The first-order chi connectivity index (χ1) is 18.5. The van der Waals surface area contributed by atoms with Crippen molar-refractivity contribution in [2.75, 3.05) is 13.0 Å². The van der Waals surface area contributed by atoms with E-state index in [2.05, 4.69) is 12.2 Å². The molecule has 1 saturated carbocycles. The fourth-order valence-corrected chi connectivity index (χ4v) is 5.41. The van der Waals surface area contributed by atoms with Crippen molar-refractivity contribution in [3.63, 3.8) is 0 Å². The summed E-state index contributed by atoms with van der Waals surface area (Å²) in [6.07, 6.45) is 8.11. The molecule has 1 aromatic heterocycles. The van der Waals surface area contributed by atoms with Crippen LogP contribution in [0.2, 0.25) is 0 Å². The van der Waals surface area contributed by atoms with Crippen LogP contribution in [-0.4, -0.2) is 47.7 Å². The Morgan fingerprint density at radius 1 is 1.18 bits per heavy atom. The third kappa shape index (κ3) is 9.42. The molecule has 1 amide bonds. The normalized spacial score (nSPS) is 18.6. The van der Waals surface area contributed by atoms with E-state index in [0.29, 0.717) is 71.9 Å². The van der Waals surface area contributed by atoms with Crippen LogP contribution in [0, 0.1) is 5.92 Å². The second-order valence-electron chi connectivity index (χ2n) is 11.8. The summed E-state index contributed by atoms with van der Waals surface area (Å²) in [6.45, 7) is 7.81. The van der Waals surface area contributed by atoms with Crippen LogP contribution in [0.25, 0.3) is 11.0 Å². The molecule has 0 saturated heterocycles. The number of amides is 1. The van der Waals surface area contributed by atoms with Crippen molar-refractivity contribution in [1.82, 2.24) is 5.32 Å². The van der Waals surface area contributed by atoms with Gasteiger partial charge in [-0.2, -0.15) is 0 Å². The Hall–Kier alpha value is -2.25. The zero-order chi connectivity index (χ0) is 28.6. The van der Waals surface area contributed by atoms with E-state index in [4.69, 9.17) is 25.5 Å². The Kier molecular flexibility index (Phi) is 11.6. The van der Waals surface area contributed by atoms with Crippen LogP contribution in [0.4, 0.5) is 0 Å². The van der Waals surface area contributed by atoms with Crippen LogP contribution in [-0.2, 0) is 22.4 Å². The fourth-order valence-electron chi connectivity index (χ4n) is 5.27. The number of esters is 1. The smallest absolute Gasteiger partial charge is 0.342 e. The zero-order valence-corrected chi connectivity index (χ0v) is 25.0. The van der Waals surface area contributed by atoms with Crippen molar-refractivity contribution in [3.8, 4) is 5.75 Å². The maximum absolute atomic E-state index is 13.5. The van der Waals surface area contributed by atoms with Crippen LogP contribution in [0.15, 0.2) is 16.5 Å². The number of hydrogen-bond donors (Lipinski definition) is 2. The van der Waals surface area contributed by atoms with E-state index in [0.717, 1.165) is 44.1 Å². The first kappa shape index (κ1) is 31.3. The molecule has 1 aliphatic rings. The largest absolute Gasteiger partial charge is 0.493 e. The Bertz CT molecular complexity index is 1100. The maximum Gasteiger partial charge on any atom is 0.342 e. The summed E-state index contributed by atoms with van der Waals surface area (Å²) in [4.78, 5) is 26.1. The average molecular weight is 564 g/mol. The lowest BCUT2D eigenvalue weighted by atomic mass is 9.89. The van der Waals surface area contributed by atoms with Crippen molar-refractivity contribution in [2.45, 2.75) is 116 Å². The minimum atomic E-state index is -0.696. The lowest BCUT2D eigenvalue weighted by molar-refractivity contribution is -0.121. The molecule has 1 aliphatic carbocycles. The molecule has 0 bridgehead atoms. The highest BCUT2D eigenvalue weighted by Crippen LogP contribution is 2.37. The van der Waals surface area contributed by atoms with Gasteiger partial charge in [0.05, 0.1) is 12.7 Å². The first-order valence-electron chi connectivity index (χ1n) is 14.4. The predicted octanol–water partition coefficient (Wildman–Crippen LogP) is 6.73. The number of furan rings is 1. The molecule has 8 heteroatoms. The zero-order valence-electron chi connectivity index (χ0n) is 24.2. The Morgan fingerprint density at radius 3 is 2.54 bits per heavy atom. The van der Waals surface area contributed by atoms with Gasteiger partial charge in [-0.25, -0.2) is 4.79 Å². The molecule has 1 atom stereocenters. The van der Waals surface area contributed by atoms with E-state index in [1.807, 2.05) is 19.1 Å². The molecule has 0 radical (unpaired) electrons. The second kappa shape index (κ2) is 14.4. The number of alkyl halides is 1. The summed E-state index contributed by atoms with van der Waals surface area (Å²) in [7, 11) is 1.57. The van der Waals surface area contributed by atoms with Crippen molar-refractivity contribution in [1.29, 1.82) is 0 Å². The van der Waals surface area contributed by atoms with Crippen LogP contribution < -0.4 is 10.1 Å². The number of methoxy groups -OCH3 is 1. The van der Waals surface area contributed by atoms with E-state index < -0.39 is 5.60 Å². The van der Waals surface area contributed by atoms with Gasteiger partial charge in [0.2, 0.25) is 5.91 Å². The third-order valence-electron chi connectivity index (χ3n) is 7.56. The number of carbonyl (C=O) groups is 2. The molecule has 0 spiro atoms. The fraction of sp³-hybridized carbons (Fsp3) is 0.677. The van der Waals surface area contributed by atoms with Crippen molar-refractivity contribution in [2.24, 2.45) is 5.92 Å². The van der Waals surface area contributed by atoms with Gasteiger partial charge in [-0.05, 0) is 102 Å². The van der Waals surface area contributed by atoms with E-state index >= 15 is 0 Å². The molecule has 1 fully saturated rings. The molecule has 218 valence electrons. The minimum Gasteiger partial charge on any atom is -0.493 e. The van der Waals surface area contributed by atoms with E-state index in [-0.39, 0.29) is 24.0 Å². The van der Waals surface area contributed by atoms with Gasteiger partial charge >= 0.3 is 5.97 Å². The molecular formula is C31H46ClNO6. The SMILES string of the molecule is COc1cc(CCC(=O)NC(C)CCCC(C)(C)O)cc2c(C(=O)OC3CCC(C)CC3)c(CCCCl)oc12. The molecule has 3 rings (SSSR count). The van der Waals surface area contributed by atoms with E-state index in [1.165, 1.54) is 0 Å². The van der Waals surface area contributed by atoms with Gasteiger partial charge in [-0.3, -0.25) is 4.79 Å². The van der Waals surface area contributed by atoms with Crippen LogP contribution in [0.5, 0.6) is 5.75 Å². The van der Waals surface area contributed by atoms with Gasteiger partial charge in [0.1, 0.15) is 17.4 Å². The second-order valence-corrected chi connectivity index (χ2v) is 12.2. The summed E-state index contributed by atoms with van der Waals surface area (Å²) in [6, 6.07) is 3.82. The van der Waals surface area contributed by atoms with Crippen molar-refractivity contribution < 1.29 is 28.6 Å². The first-order valence-corrected chi connectivity index (χ1v) is 14.9. The van der Waals surface area contributed by atoms with E-state index in [9.17, 15) is 14.7 Å². The lowest BCUT2D eigenvalue weighted by Crippen LogP contribution is -2.33. The topological polar surface area (TPSA) is 98.0 Å². The molecule has 2 aromatic rings. The van der Waals surface area contributed by atoms with Crippen molar-refractivity contribution in [3.05, 3.63) is 29.0 Å². The Labute approximate surface area is 237 Å². The summed E-state index contributed by atoms with van der Waals surface area (Å²) >= 11 is 5.96. The Morgan fingerprint density at radius 2 is 1.90 bits per heavy atom. The summed E-state index contributed by atoms with van der Waals surface area (Å²) in [5.74, 6) is 1.81. The monoisotopic (exact) mass is 563 g/mol. The van der Waals surface area contributed by atoms with Gasteiger partial charge in [0, 0.05) is 30.1 Å². The molecule has 0 aliphatic heterocycles. The van der Waals surface area contributed by atoms with Gasteiger partial charge < -0.3 is 24.3 Å². The average Bonchev–Trinajstić information content (AvgIpc) is 3.24. The number of benzene rings is 1. The number of aryl methyl sites for hydroxylation is 2. The van der Waals surface area contributed by atoms with Gasteiger partial charge in [-0.15, -0.1) is 11.6 Å². The number of aliphatic hydroxyl groups is 1. The van der Waals surface area contributed by atoms with Crippen LogP contribution in [0.3, 0.4) is 0 Å². The van der Waals surface area contributed by atoms with E-state index in [1.54, 1.807) is 21.0 Å². The van der Waals surface area contributed by atoms with Crippen molar-refractivity contribution >= 4 is 34.4 Å². The molecule has 1 unspecified atom stereocenters. The molecular weight excluding hydrogens is 518 g/mol. The predicted molar refractivity (Wildman–Crippen MR) is 155 cm³/mol. The maximum atomic E-state index is 13.5. The number of nitrogens with one attached hydrogen (secondary N) is 1. The van der Waals surface area contributed by atoms with Crippen LogP contribution in [0.1, 0.15) is 107 Å². The molecule has 7 nitrogen and oxygen atoms in total. The number of ether oxygens (including phenoxy) is 2. The highest BCUT2D eigenvalue weighted by Gasteiger charge is 2.28. The Balaban J connectivity index is 1.75. The quantitative estimate of drug-likeness (QED) is 0.195. The number of fused-ring (bicyclic) bond motifs is 1. The summed E-state index contributed by atoms with van der Waals surface area (Å²) in [5.41, 5.74) is 1.15. The molecule has 39 heavy (non-hydrogen) atoms. The van der Waals surface area contributed by atoms with Gasteiger partial charge in [0.25, 0.3) is 0 Å². The standard InChI is InChI=1S/C31H46ClNO6/c1-20-10-13-23(14-11-20)38-30(35)28-24-18-22(19-26(37-5)29(24)39-25(28)9-7-17-32)12-15-27(34)33-21(2)8-6-16-31(3,4)36/h18-21,23,36H,6-17H2,1-5H3,(H,33,34). The summed E-state index contributed by atoms with van der Waals surface area (Å²) < 4.78 is 17.8. The number of rotatable bonds is 14. The number of carbonyl (C=O) groups excluding carboxylic acids is 2. The molecule has 1 heterocycles. The highest BCUT2D eigenvalue weighted by molar-refractivity contribution is 6.17. The molecule has 2 N–H and O–H groups in total. The molecule has 1 aromatic carbocycles. The minimum absolute atomic E-state index is 0.0272. The summed E-state index contributed by atoms with van der Waals surface area (Å²) in [5, 5.41) is 13.6. The number of halogens is 1.